The van der Waals surface area contributed by atoms with Crippen LogP contribution in [0.2, 0.25) is 5.02 Å². The van der Waals surface area contributed by atoms with E-state index in [1.54, 1.807) is 51.1 Å². The minimum absolute atomic E-state index is 0.0901. The van der Waals surface area contributed by atoms with Gasteiger partial charge in [-0.2, -0.15) is 13.2 Å². The molecule has 2 atom stereocenters. The van der Waals surface area contributed by atoms with Crippen LogP contribution >= 0.6 is 11.6 Å². The van der Waals surface area contributed by atoms with Gasteiger partial charge in [0.1, 0.15) is 0 Å². The maximum absolute atomic E-state index is 14.1. The average molecular weight is 508 g/mol. The molecule has 186 valence electrons. The normalized spacial score (nSPS) is 16.3. The lowest BCUT2D eigenvalue weighted by Crippen LogP contribution is -2.42. The quantitative estimate of drug-likeness (QED) is 0.398. The number of benzene rings is 2. The molecule has 0 heterocycles. The lowest BCUT2D eigenvalue weighted by Gasteiger charge is -2.29. The first kappa shape index (κ1) is 26.6. The van der Waals surface area contributed by atoms with E-state index in [4.69, 9.17) is 16.3 Å². The molecule has 0 aromatic heterocycles. The Morgan fingerprint density at radius 2 is 1.74 bits per heavy atom. The van der Waals surface area contributed by atoms with Crippen LogP contribution in [0.25, 0.3) is 0 Å². The van der Waals surface area contributed by atoms with Crippen LogP contribution in [0.5, 0.6) is 0 Å². The Morgan fingerprint density at radius 3 is 2.29 bits per heavy atom. The number of hydrogen-bond donors (Lipinski definition) is 2. The molecular formula is C26H25ClF3NO4. The predicted molar refractivity (Wildman–Crippen MR) is 125 cm³/mol. The van der Waals surface area contributed by atoms with Crippen molar-refractivity contribution in [2.75, 3.05) is 5.32 Å². The van der Waals surface area contributed by atoms with Crippen LogP contribution in [0.3, 0.4) is 0 Å². The molecule has 1 fully saturated rings. The number of ether oxygens (including phenoxy) is 1. The van der Waals surface area contributed by atoms with Gasteiger partial charge in [0.2, 0.25) is 11.7 Å². The first-order chi connectivity index (χ1) is 16.2. The Balaban J connectivity index is 2.03. The number of nitrogens with one attached hydrogen (secondary N) is 1. The van der Waals surface area contributed by atoms with Crippen LogP contribution in [0.4, 0.5) is 18.9 Å². The van der Waals surface area contributed by atoms with Gasteiger partial charge in [0.15, 0.2) is 0 Å². The van der Waals surface area contributed by atoms with Crippen molar-refractivity contribution in [3.63, 3.8) is 0 Å². The standard InChI is InChI=1S/C26H25ClF3NO4/c1-24(2,3)23(33)35-21(17-7-5-4-6-8-17)22(32)31-20-12-11-18(27)15-19(20)25(34,26(28,29)30)14-13-16-9-10-16/h4-8,11-12,15-16,21,34H,9-10H2,1-3H3,(H,31,32). The predicted octanol–water partition coefficient (Wildman–Crippen LogP) is 5.77. The van der Waals surface area contributed by atoms with Crippen LogP contribution < -0.4 is 5.32 Å². The van der Waals surface area contributed by atoms with E-state index in [1.807, 2.05) is 5.92 Å². The monoisotopic (exact) mass is 507 g/mol. The van der Waals surface area contributed by atoms with Gasteiger partial charge < -0.3 is 15.2 Å². The van der Waals surface area contributed by atoms with Gasteiger partial charge in [-0.1, -0.05) is 53.8 Å². The first-order valence-electron chi connectivity index (χ1n) is 10.9. The molecule has 2 unspecified atom stereocenters. The summed E-state index contributed by atoms with van der Waals surface area (Å²) < 4.78 is 47.6. The molecule has 2 aromatic rings. The fraction of sp³-hybridized carbons (Fsp3) is 0.385. The molecule has 3 rings (SSSR count). The van der Waals surface area contributed by atoms with Gasteiger partial charge in [-0.15, -0.1) is 0 Å². The van der Waals surface area contributed by atoms with Crippen molar-refractivity contribution in [3.05, 3.63) is 64.7 Å². The average Bonchev–Trinajstić information content (AvgIpc) is 3.60. The number of amides is 1. The molecule has 1 aliphatic rings. The maximum atomic E-state index is 14.1. The lowest BCUT2D eigenvalue weighted by molar-refractivity contribution is -0.240. The number of anilines is 1. The van der Waals surface area contributed by atoms with Crippen molar-refractivity contribution >= 4 is 29.2 Å². The Labute approximate surface area is 206 Å². The van der Waals surface area contributed by atoms with Crippen molar-refractivity contribution in [2.24, 2.45) is 11.3 Å². The van der Waals surface area contributed by atoms with E-state index in [0.717, 1.165) is 12.1 Å². The van der Waals surface area contributed by atoms with E-state index >= 15 is 0 Å². The summed E-state index contributed by atoms with van der Waals surface area (Å²) in [5.74, 6) is 2.59. The highest BCUT2D eigenvalue weighted by Crippen LogP contribution is 2.43. The number of rotatable bonds is 5. The van der Waals surface area contributed by atoms with Gasteiger partial charge in [0.25, 0.3) is 5.91 Å². The summed E-state index contributed by atoms with van der Waals surface area (Å²) in [6.45, 7) is 4.82. The molecule has 0 saturated heterocycles. The number of alkyl halides is 3. The molecule has 2 N–H and O–H groups in total. The lowest BCUT2D eigenvalue weighted by atomic mass is 9.91. The van der Waals surface area contributed by atoms with Gasteiger partial charge >= 0.3 is 12.1 Å². The minimum atomic E-state index is -5.18. The van der Waals surface area contributed by atoms with Gasteiger partial charge in [0, 0.05) is 27.8 Å². The first-order valence-corrected chi connectivity index (χ1v) is 11.3. The van der Waals surface area contributed by atoms with Crippen molar-refractivity contribution in [2.45, 2.75) is 51.5 Å². The highest BCUT2D eigenvalue weighted by atomic mass is 35.5. The van der Waals surface area contributed by atoms with Crippen LogP contribution in [0, 0.1) is 23.2 Å². The zero-order valence-corrected chi connectivity index (χ0v) is 20.1. The Morgan fingerprint density at radius 1 is 1.11 bits per heavy atom. The van der Waals surface area contributed by atoms with E-state index < -0.39 is 40.7 Å². The number of carbonyl (C=O) groups is 2. The third-order valence-corrected chi connectivity index (χ3v) is 5.49. The van der Waals surface area contributed by atoms with Crippen molar-refractivity contribution in [1.82, 2.24) is 0 Å². The second kappa shape index (κ2) is 9.92. The van der Waals surface area contributed by atoms with E-state index in [0.29, 0.717) is 18.4 Å². The summed E-state index contributed by atoms with van der Waals surface area (Å²) in [6, 6.07) is 11.4. The molecular weight excluding hydrogens is 483 g/mol. The maximum Gasteiger partial charge on any atom is 0.433 e. The van der Waals surface area contributed by atoms with Crippen LogP contribution in [-0.2, 0) is 19.9 Å². The number of halogens is 4. The van der Waals surface area contributed by atoms with E-state index in [9.17, 15) is 27.9 Å². The largest absolute Gasteiger partial charge is 0.447 e. The molecule has 0 bridgehead atoms. The number of aliphatic hydroxyl groups is 1. The summed E-state index contributed by atoms with van der Waals surface area (Å²) in [7, 11) is 0. The van der Waals surface area contributed by atoms with Gasteiger partial charge in [-0.05, 0) is 51.8 Å². The van der Waals surface area contributed by atoms with E-state index in [2.05, 4.69) is 11.2 Å². The van der Waals surface area contributed by atoms with Crippen LogP contribution in [-0.4, -0.2) is 23.2 Å². The van der Waals surface area contributed by atoms with Crippen LogP contribution in [0.15, 0.2) is 48.5 Å². The summed E-state index contributed by atoms with van der Waals surface area (Å²) in [6.07, 6.45) is -5.34. The SMILES string of the molecule is CC(C)(C)C(=O)OC(C(=O)Nc1ccc(Cl)cc1C(O)(C#CC1CC1)C(F)(F)F)c1ccccc1. The highest BCUT2D eigenvalue weighted by Gasteiger charge is 2.56. The van der Waals surface area contributed by atoms with Gasteiger partial charge in [0.05, 0.1) is 5.41 Å². The van der Waals surface area contributed by atoms with Crippen LogP contribution in [0.1, 0.15) is 50.8 Å². The Bertz CT molecular complexity index is 1160. The molecule has 5 nitrogen and oxygen atoms in total. The molecule has 0 spiro atoms. The second-order valence-corrected chi connectivity index (χ2v) is 9.81. The Hall–Kier alpha value is -3.02. The fourth-order valence-corrected chi connectivity index (χ4v) is 3.20. The third kappa shape index (κ3) is 6.36. The minimum Gasteiger partial charge on any atom is -0.447 e. The van der Waals surface area contributed by atoms with E-state index in [1.165, 1.54) is 6.07 Å². The molecule has 9 heteroatoms. The molecule has 2 aromatic carbocycles. The number of esters is 1. The smallest absolute Gasteiger partial charge is 0.433 e. The zero-order valence-electron chi connectivity index (χ0n) is 19.4. The fourth-order valence-electron chi connectivity index (χ4n) is 3.03. The summed E-state index contributed by atoms with van der Waals surface area (Å²) in [4.78, 5) is 25.8. The summed E-state index contributed by atoms with van der Waals surface area (Å²) in [5.41, 5.74) is -5.29. The second-order valence-electron chi connectivity index (χ2n) is 9.38. The molecule has 1 amide bonds. The van der Waals surface area contributed by atoms with E-state index in [-0.39, 0.29) is 16.6 Å². The number of hydrogen-bond acceptors (Lipinski definition) is 4. The zero-order chi connectivity index (χ0) is 26.0. The highest BCUT2D eigenvalue weighted by molar-refractivity contribution is 6.30. The molecule has 0 radical (unpaired) electrons. The van der Waals surface area contributed by atoms with Crippen molar-refractivity contribution < 1.29 is 32.6 Å². The molecule has 0 aliphatic heterocycles. The molecule has 1 saturated carbocycles. The molecule has 1 aliphatic carbocycles. The number of carbonyl (C=O) groups excluding carboxylic acids is 2. The topological polar surface area (TPSA) is 75.6 Å². The summed E-state index contributed by atoms with van der Waals surface area (Å²) >= 11 is 5.95. The van der Waals surface area contributed by atoms with Gasteiger partial charge in [-0.25, -0.2) is 0 Å². The van der Waals surface area contributed by atoms with Gasteiger partial charge in [-0.3, -0.25) is 9.59 Å². The Kier molecular flexibility index (Phi) is 7.53. The van der Waals surface area contributed by atoms with Crippen molar-refractivity contribution in [1.29, 1.82) is 0 Å². The summed E-state index contributed by atoms with van der Waals surface area (Å²) in [5, 5.41) is 13.0. The third-order valence-electron chi connectivity index (χ3n) is 5.25. The van der Waals surface area contributed by atoms with Crippen molar-refractivity contribution in [3.8, 4) is 11.8 Å². The molecule has 35 heavy (non-hydrogen) atoms.